The van der Waals surface area contributed by atoms with Crippen molar-refractivity contribution in [3.05, 3.63) is 35.4 Å². The van der Waals surface area contributed by atoms with Gasteiger partial charge in [0.15, 0.2) is 0 Å². The Hall–Kier alpha value is -1.35. The fraction of sp³-hybridized carbons (Fsp3) is 0.632. The second kappa shape index (κ2) is 7.28. The van der Waals surface area contributed by atoms with E-state index in [1.165, 1.54) is 17.5 Å². The monoisotopic (exact) mass is 302 g/mol. The number of amides is 1. The Morgan fingerprint density at radius 3 is 2.55 bits per heavy atom. The molecule has 1 aromatic carbocycles. The number of hydrogen-bond donors (Lipinski definition) is 1. The highest BCUT2D eigenvalue weighted by Gasteiger charge is 2.21. The maximum atomic E-state index is 11.1. The third-order valence-electron chi connectivity index (χ3n) is 4.63. The molecule has 1 aliphatic heterocycles. The van der Waals surface area contributed by atoms with E-state index in [9.17, 15) is 4.79 Å². The Morgan fingerprint density at radius 2 is 1.95 bits per heavy atom. The van der Waals surface area contributed by atoms with Gasteiger partial charge in [0.05, 0.1) is 0 Å². The van der Waals surface area contributed by atoms with E-state index in [0.29, 0.717) is 12.3 Å². The summed E-state index contributed by atoms with van der Waals surface area (Å²) < 4.78 is 0. The summed E-state index contributed by atoms with van der Waals surface area (Å²) in [6.45, 7) is 9.97. The van der Waals surface area contributed by atoms with Crippen LogP contribution < -0.4 is 5.73 Å². The van der Waals surface area contributed by atoms with Gasteiger partial charge in [-0.1, -0.05) is 45.0 Å². The van der Waals surface area contributed by atoms with E-state index in [2.05, 4.69) is 49.9 Å². The van der Waals surface area contributed by atoms with Crippen molar-refractivity contribution < 1.29 is 4.79 Å². The first-order valence-electron chi connectivity index (χ1n) is 8.44. The molecular formula is C19H30N2O. The predicted octanol–water partition coefficient (Wildman–Crippen LogP) is 3.11. The van der Waals surface area contributed by atoms with Crippen LogP contribution in [0.3, 0.4) is 0 Å². The van der Waals surface area contributed by atoms with Gasteiger partial charge in [0.2, 0.25) is 5.91 Å². The highest BCUT2D eigenvalue weighted by molar-refractivity contribution is 5.74. The molecule has 0 unspecified atom stereocenters. The molecule has 3 nitrogen and oxygen atoms in total. The summed E-state index contributed by atoms with van der Waals surface area (Å²) in [5, 5.41) is 0. The van der Waals surface area contributed by atoms with Crippen LogP contribution in [-0.2, 0) is 16.6 Å². The molecule has 1 atom stereocenters. The van der Waals surface area contributed by atoms with Gasteiger partial charge in [0.25, 0.3) is 0 Å². The van der Waals surface area contributed by atoms with Crippen molar-refractivity contribution >= 4 is 5.91 Å². The van der Waals surface area contributed by atoms with Crippen molar-refractivity contribution in [1.82, 2.24) is 4.90 Å². The SMILES string of the molecule is CC(C)(C)c1ccc(CCN2CCC[C@H](CC(N)=O)C2)cc1. The molecule has 1 heterocycles. The number of benzene rings is 1. The number of carbonyl (C=O) groups is 1. The molecule has 1 amide bonds. The molecule has 122 valence electrons. The summed E-state index contributed by atoms with van der Waals surface area (Å²) in [6, 6.07) is 9.01. The van der Waals surface area contributed by atoms with E-state index in [1.54, 1.807) is 0 Å². The van der Waals surface area contributed by atoms with Crippen molar-refractivity contribution in [2.24, 2.45) is 11.7 Å². The van der Waals surface area contributed by atoms with Gasteiger partial charge >= 0.3 is 0 Å². The summed E-state index contributed by atoms with van der Waals surface area (Å²) >= 11 is 0. The summed E-state index contributed by atoms with van der Waals surface area (Å²) in [4.78, 5) is 13.6. The predicted molar refractivity (Wildman–Crippen MR) is 91.8 cm³/mol. The van der Waals surface area contributed by atoms with E-state index >= 15 is 0 Å². The summed E-state index contributed by atoms with van der Waals surface area (Å²) in [6.07, 6.45) is 3.94. The van der Waals surface area contributed by atoms with Crippen LogP contribution in [0, 0.1) is 5.92 Å². The van der Waals surface area contributed by atoms with Gasteiger partial charge in [0.1, 0.15) is 0 Å². The molecule has 22 heavy (non-hydrogen) atoms. The lowest BCUT2D eigenvalue weighted by Gasteiger charge is -2.32. The molecule has 0 aromatic heterocycles. The zero-order valence-corrected chi connectivity index (χ0v) is 14.3. The van der Waals surface area contributed by atoms with E-state index < -0.39 is 0 Å². The van der Waals surface area contributed by atoms with Crippen LogP contribution in [-0.4, -0.2) is 30.4 Å². The molecule has 1 saturated heterocycles. The van der Waals surface area contributed by atoms with Crippen molar-refractivity contribution in [3.8, 4) is 0 Å². The lowest BCUT2D eigenvalue weighted by atomic mass is 9.86. The normalized spacial score (nSPS) is 20.0. The number of primary amides is 1. The second-order valence-corrected chi connectivity index (χ2v) is 7.68. The molecular weight excluding hydrogens is 272 g/mol. The highest BCUT2D eigenvalue weighted by Crippen LogP contribution is 2.23. The molecule has 2 rings (SSSR count). The van der Waals surface area contributed by atoms with E-state index in [0.717, 1.165) is 32.5 Å². The molecule has 0 aliphatic carbocycles. The van der Waals surface area contributed by atoms with E-state index in [1.807, 2.05) is 0 Å². The number of likely N-dealkylation sites (tertiary alicyclic amines) is 1. The number of carbonyl (C=O) groups excluding carboxylic acids is 1. The minimum atomic E-state index is -0.162. The third kappa shape index (κ3) is 5.13. The van der Waals surface area contributed by atoms with Gasteiger partial charge < -0.3 is 10.6 Å². The minimum Gasteiger partial charge on any atom is -0.370 e. The lowest BCUT2D eigenvalue weighted by Crippen LogP contribution is -2.38. The first kappa shape index (κ1) is 17.0. The minimum absolute atomic E-state index is 0.162. The first-order valence-corrected chi connectivity index (χ1v) is 8.44. The molecule has 0 saturated carbocycles. The Labute approximate surface area is 134 Å². The maximum absolute atomic E-state index is 11.1. The fourth-order valence-electron chi connectivity index (χ4n) is 3.26. The Bertz CT molecular complexity index is 487. The lowest BCUT2D eigenvalue weighted by molar-refractivity contribution is -0.119. The Morgan fingerprint density at radius 1 is 1.27 bits per heavy atom. The highest BCUT2D eigenvalue weighted by atomic mass is 16.1. The van der Waals surface area contributed by atoms with Gasteiger partial charge in [-0.3, -0.25) is 4.79 Å². The molecule has 0 spiro atoms. The van der Waals surface area contributed by atoms with Crippen molar-refractivity contribution in [2.75, 3.05) is 19.6 Å². The van der Waals surface area contributed by atoms with Crippen LogP contribution in [0.1, 0.15) is 51.2 Å². The van der Waals surface area contributed by atoms with Crippen LogP contribution in [0.15, 0.2) is 24.3 Å². The zero-order valence-electron chi connectivity index (χ0n) is 14.3. The molecule has 0 bridgehead atoms. The Balaban J connectivity index is 1.83. The largest absolute Gasteiger partial charge is 0.370 e. The zero-order chi connectivity index (χ0) is 16.2. The van der Waals surface area contributed by atoms with Crippen LogP contribution in [0.5, 0.6) is 0 Å². The van der Waals surface area contributed by atoms with Gasteiger partial charge in [0, 0.05) is 19.5 Å². The maximum Gasteiger partial charge on any atom is 0.217 e. The van der Waals surface area contributed by atoms with Gasteiger partial charge in [-0.15, -0.1) is 0 Å². The second-order valence-electron chi connectivity index (χ2n) is 7.68. The van der Waals surface area contributed by atoms with Crippen molar-refractivity contribution in [1.29, 1.82) is 0 Å². The number of nitrogens with two attached hydrogens (primary N) is 1. The van der Waals surface area contributed by atoms with E-state index in [-0.39, 0.29) is 11.3 Å². The quantitative estimate of drug-likeness (QED) is 0.908. The molecule has 1 aromatic rings. The fourth-order valence-corrected chi connectivity index (χ4v) is 3.26. The first-order chi connectivity index (χ1) is 10.3. The Kier molecular flexibility index (Phi) is 5.63. The van der Waals surface area contributed by atoms with Crippen LogP contribution in [0.2, 0.25) is 0 Å². The van der Waals surface area contributed by atoms with Crippen LogP contribution in [0.25, 0.3) is 0 Å². The molecule has 0 radical (unpaired) electrons. The number of hydrogen-bond acceptors (Lipinski definition) is 2. The van der Waals surface area contributed by atoms with Crippen molar-refractivity contribution in [3.63, 3.8) is 0 Å². The smallest absolute Gasteiger partial charge is 0.217 e. The molecule has 1 aliphatic rings. The standard InChI is InChI=1S/C19H30N2O/c1-19(2,3)17-8-6-15(7-9-17)10-12-21-11-4-5-16(14-21)13-18(20)22/h6-9,16H,4-5,10-14H2,1-3H3,(H2,20,22)/t16-/m1/s1. The molecule has 1 fully saturated rings. The van der Waals surface area contributed by atoms with Gasteiger partial charge in [-0.05, 0) is 48.3 Å². The van der Waals surface area contributed by atoms with E-state index in [4.69, 9.17) is 5.73 Å². The number of nitrogens with zero attached hydrogens (tertiary/aromatic N) is 1. The average Bonchev–Trinajstić information content (AvgIpc) is 2.44. The van der Waals surface area contributed by atoms with Gasteiger partial charge in [-0.25, -0.2) is 0 Å². The van der Waals surface area contributed by atoms with Gasteiger partial charge in [-0.2, -0.15) is 0 Å². The third-order valence-corrected chi connectivity index (χ3v) is 4.63. The average molecular weight is 302 g/mol. The molecule has 3 heteroatoms. The van der Waals surface area contributed by atoms with Crippen LogP contribution >= 0.6 is 0 Å². The topological polar surface area (TPSA) is 46.3 Å². The summed E-state index contributed by atoms with van der Waals surface area (Å²) in [5.74, 6) is 0.291. The summed E-state index contributed by atoms with van der Waals surface area (Å²) in [5.41, 5.74) is 8.32. The summed E-state index contributed by atoms with van der Waals surface area (Å²) in [7, 11) is 0. The van der Waals surface area contributed by atoms with Crippen molar-refractivity contribution in [2.45, 2.75) is 51.9 Å². The van der Waals surface area contributed by atoms with Crippen LogP contribution in [0.4, 0.5) is 0 Å². The number of piperidine rings is 1. The molecule has 2 N–H and O–H groups in total. The number of rotatable bonds is 5.